The maximum Gasteiger partial charge on any atom is 0.146 e. The van der Waals surface area contributed by atoms with Gasteiger partial charge in [-0.05, 0) is 43.2 Å². The number of benzene rings is 1. The molecule has 0 bridgehead atoms. The summed E-state index contributed by atoms with van der Waals surface area (Å²) >= 11 is 0. The summed E-state index contributed by atoms with van der Waals surface area (Å²) in [6, 6.07) is 6.97. The van der Waals surface area contributed by atoms with Gasteiger partial charge in [-0.3, -0.25) is 0 Å². The normalized spacial score (nSPS) is 21.1. The molecule has 2 nitrogen and oxygen atoms in total. The van der Waals surface area contributed by atoms with Gasteiger partial charge in [0.25, 0.3) is 0 Å². The van der Waals surface area contributed by atoms with E-state index >= 15 is 0 Å². The summed E-state index contributed by atoms with van der Waals surface area (Å²) in [7, 11) is 1.98. The minimum absolute atomic E-state index is 0.0995. The molecule has 0 heterocycles. The van der Waals surface area contributed by atoms with Gasteiger partial charge in [-0.1, -0.05) is 26.0 Å². The quantitative estimate of drug-likeness (QED) is 0.904. The molecule has 2 N–H and O–H groups in total. The molecule has 0 unspecified atom stereocenters. The van der Waals surface area contributed by atoms with Gasteiger partial charge < -0.3 is 10.6 Å². The molecular formula is C16H25FN2. The van der Waals surface area contributed by atoms with Gasteiger partial charge in [-0.25, -0.2) is 4.39 Å². The molecule has 3 heteroatoms. The standard InChI is InChI=1S/C16H25FN2/c1-15(2)8-10-16(12-18,11-9-15)19(3)14-7-5-4-6-13(14)17/h4-7H,8-12,18H2,1-3H3. The van der Waals surface area contributed by atoms with E-state index in [0.29, 0.717) is 17.6 Å². The van der Waals surface area contributed by atoms with Crippen molar-refractivity contribution in [1.29, 1.82) is 0 Å². The highest BCUT2D eigenvalue weighted by atomic mass is 19.1. The Morgan fingerprint density at radius 2 is 1.74 bits per heavy atom. The summed E-state index contributed by atoms with van der Waals surface area (Å²) in [6.45, 7) is 5.18. The molecule has 1 aromatic rings. The van der Waals surface area contributed by atoms with Crippen molar-refractivity contribution in [2.24, 2.45) is 11.1 Å². The number of anilines is 1. The Bertz CT molecular complexity index is 432. The molecule has 1 aliphatic carbocycles. The number of nitrogens with two attached hydrogens (primary N) is 1. The van der Waals surface area contributed by atoms with Crippen LogP contribution in [0.4, 0.5) is 10.1 Å². The van der Waals surface area contributed by atoms with Gasteiger partial charge in [0.2, 0.25) is 0 Å². The van der Waals surface area contributed by atoms with Crippen LogP contribution in [-0.4, -0.2) is 19.1 Å². The first-order chi connectivity index (χ1) is 8.90. The van der Waals surface area contributed by atoms with Crippen molar-refractivity contribution >= 4 is 5.69 Å². The van der Waals surface area contributed by atoms with Crippen LogP contribution in [0, 0.1) is 11.2 Å². The van der Waals surface area contributed by atoms with E-state index in [1.807, 2.05) is 19.2 Å². The van der Waals surface area contributed by atoms with Crippen molar-refractivity contribution in [3.8, 4) is 0 Å². The van der Waals surface area contributed by atoms with Crippen molar-refractivity contribution in [3.63, 3.8) is 0 Å². The lowest BCUT2D eigenvalue weighted by Crippen LogP contribution is -2.55. The third-order valence-corrected chi connectivity index (χ3v) is 4.84. The summed E-state index contributed by atoms with van der Waals surface area (Å²) in [5.41, 5.74) is 7.00. The Morgan fingerprint density at radius 3 is 2.26 bits per heavy atom. The second kappa shape index (κ2) is 5.12. The fraction of sp³-hybridized carbons (Fsp3) is 0.625. The third-order valence-electron chi connectivity index (χ3n) is 4.84. The van der Waals surface area contributed by atoms with Gasteiger partial charge >= 0.3 is 0 Å². The maximum absolute atomic E-state index is 14.0. The molecule has 19 heavy (non-hydrogen) atoms. The van der Waals surface area contributed by atoms with E-state index in [1.165, 1.54) is 6.07 Å². The summed E-state index contributed by atoms with van der Waals surface area (Å²) in [5, 5.41) is 0. The van der Waals surface area contributed by atoms with Crippen LogP contribution < -0.4 is 10.6 Å². The van der Waals surface area contributed by atoms with Crippen LogP contribution in [0.15, 0.2) is 24.3 Å². The molecule has 0 spiro atoms. The van der Waals surface area contributed by atoms with Gasteiger partial charge in [-0.2, -0.15) is 0 Å². The second-order valence-corrected chi connectivity index (χ2v) is 6.60. The van der Waals surface area contributed by atoms with E-state index in [1.54, 1.807) is 6.07 Å². The first-order valence-electron chi connectivity index (χ1n) is 7.09. The molecule has 0 amide bonds. The lowest BCUT2D eigenvalue weighted by atomic mass is 9.68. The Hall–Kier alpha value is -1.09. The van der Waals surface area contributed by atoms with E-state index in [2.05, 4.69) is 18.7 Å². The largest absolute Gasteiger partial charge is 0.365 e. The SMILES string of the molecule is CN(c1ccccc1F)C1(CN)CCC(C)(C)CC1. The number of para-hydroxylation sites is 1. The van der Waals surface area contributed by atoms with Crippen molar-refractivity contribution in [2.45, 2.75) is 45.1 Å². The van der Waals surface area contributed by atoms with Crippen molar-refractivity contribution in [3.05, 3.63) is 30.1 Å². The second-order valence-electron chi connectivity index (χ2n) is 6.60. The predicted octanol–water partition coefficient (Wildman–Crippen LogP) is 3.56. The molecule has 0 radical (unpaired) electrons. The number of halogens is 1. The molecule has 0 atom stereocenters. The monoisotopic (exact) mass is 264 g/mol. The fourth-order valence-electron chi connectivity index (χ4n) is 3.05. The van der Waals surface area contributed by atoms with Gasteiger partial charge in [0.1, 0.15) is 5.82 Å². The zero-order valence-electron chi connectivity index (χ0n) is 12.2. The van der Waals surface area contributed by atoms with E-state index in [9.17, 15) is 4.39 Å². The van der Waals surface area contributed by atoms with E-state index in [-0.39, 0.29) is 11.4 Å². The molecule has 1 aliphatic rings. The molecule has 1 saturated carbocycles. The van der Waals surface area contributed by atoms with Crippen LogP contribution in [0.1, 0.15) is 39.5 Å². The first kappa shape index (κ1) is 14.3. The minimum Gasteiger partial charge on any atom is -0.365 e. The van der Waals surface area contributed by atoms with Gasteiger partial charge in [-0.15, -0.1) is 0 Å². The highest BCUT2D eigenvalue weighted by Crippen LogP contribution is 2.43. The molecule has 0 aromatic heterocycles. The van der Waals surface area contributed by atoms with Crippen molar-refractivity contribution in [1.82, 2.24) is 0 Å². The smallest absolute Gasteiger partial charge is 0.146 e. The van der Waals surface area contributed by atoms with Gasteiger partial charge in [0, 0.05) is 13.6 Å². The first-order valence-corrected chi connectivity index (χ1v) is 7.09. The van der Waals surface area contributed by atoms with Crippen molar-refractivity contribution in [2.75, 3.05) is 18.5 Å². The number of nitrogens with zero attached hydrogens (tertiary/aromatic N) is 1. The predicted molar refractivity (Wildman–Crippen MR) is 78.8 cm³/mol. The number of hydrogen-bond donors (Lipinski definition) is 1. The Kier molecular flexibility index (Phi) is 3.86. The molecule has 0 aliphatic heterocycles. The lowest BCUT2D eigenvalue weighted by Gasteiger charge is -2.49. The van der Waals surface area contributed by atoms with E-state index < -0.39 is 0 Å². The third kappa shape index (κ3) is 2.76. The molecule has 106 valence electrons. The lowest BCUT2D eigenvalue weighted by molar-refractivity contribution is 0.165. The Morgan fingerprint density at radius 1 is 1.16 bits per heavy atom. The summed E-state index contributed by atoms with van der Waals surface area (Å²) < 4.78 is 14.0. The summed E-state index contributed by atoms with van der Waals surface area (Å²) in [4.78, 5) is 2.07. The number of hydrogen-bond acceptors (Lipinski definition) is 2. The van der Waals surface area contributed by atoms with Crippen LogP contribution in [0.3, 0.4) is 0 Å². The highest BCUT2D eigenvalue weighted by Gasteiger charge is 2.40. The summed E-state index contributed by atoms with van der Waals surface area (Å²) in [5.74, 6) is -0.164. The topological polar surface area (TPSA) is 29.3 Å². The molecule has 2 rings (SSSR count). The van der Waals surface area contributed by atoms with E-state index in [4.69, 9.17) is 5.73 Å². The van der Waals surface area contributed by atoms with Crippen LogP contribution in [-0.2, 0) is 0 Å². The summed E-state index contributed by atoms with van der Waals surface area (Å²) in [6.07, 6.45) is 4.34. The molecule has 1 fully saturated rings. The van der Waals surface area contributed by atoms with Crippen molar-refractivity contribution < 1.29 is 4.39 Å². The Labute approximate surface area is 115 Å². The van der Waals surface area contributed by atoms with Gasteiger partial charge in [0.15, 0.2) is 0 Å². The number of likely N-dealkylation sites (N-methyl/N-ethyl adjacent to an activating group) is 1. The average Bonchev–Trinajstić information content (AvgIpc) is 2.39. The molecular weight excluding hydrogens is 239 g/mol. The van der Waals surface area contributed by atoms with Crippen LogP contribution in [0.5, 0.6) is 0 Å². The Balaban J connectivity index is 2.25. The van der Waals surface area contributed by atoms with Crippen LogP contribution in [0.2, 0.25) is 0 Å². The van der Waals surface area contributed by atoms with Crippen LogP contribution in [0.25, 0.3) is 0 Å². The highest BCUT2D eigenvalue weighted by molar-refractivity contribution is 5.50. The van der Waals surface area contributed by atoms with E-state index in [0.717, 1.165) is 25.7 Å². The minimum atomic E-state index is -0.164. The van der Waals surface area contributed by atoms with Crippen LogP contribution >= 0.6 is 0 Å². The molecule has 0 saturated heterocycles. The maximum atomic E-state index is 14.0. The zero-order valence-corrected chi connectivity index (χ0v) is 12.2. The molecule has 1 aromatic carbocycles. The number of rotatable bonds is 3. The average molecular weight is 264 g/mol. The zero-order chi connectivity index (χ0) is 14.1. The van der Waals surface area contributed by atoms with Gasteiger partial charge in [0.05, 0.1) is 11.2 Å². The fourth-order valence-corrected chi connectivity index (χ4v) is 3.05.